The fourth-order valence-corrected chi connectivity index (χ4v) is 3.27. The second-order valence-corrected chi connectivity index (χ2v) is 6.67. The van der Waals surface area contributed by atoms with E-state index in [1.807, 2.05) is 0 Å². The molecule has 0 bridgehead atoms. The van der Waals surface area contributed by atoms with E-state index in [-0.39, 0.29) is 18.9 Å². The lowest BCUT2D eigenvalue weighted by Gasteiger charge is -2.20. The Balaban J connectivity index is 1.76. The first-order valence-corrected chi connectivity index (χ1v) is 9.04. The number of nitrogens with one attached hydrogen (secondary N) is 1. The SMILES string of the molecule is COc1cc(OC)cc(N2CC(C(=O)N[C@@H](C(=O)O)c3ccccc3)CC2=O)c1. The first-order chi connectivity index (χ1) is 13.9. The molecule has 8 nitrogen and oxygen atoms in total. The molecule has 0 radical (unpaired) electrons. The summed E-state index contributed by atoms with van der Waals surface area (Å²) in [4.78, 5) is 38.3. The van der Waals surface area contributed by atoms with Gasteiger partial charge in [-0.15, -0.1) is 0 Å². The summed E-state index contributed by atoms with van der Waals surface area (Å²) in [6, 6.07) is 12.3. The topological polar surface area (TPSA) is 105 Å². The molecule has 0 aliphatic carbocycles. The predicted molar refractivity (Wildman–Crippen MR) is 105 cm³/mol. The zero-order valence-corrected chi connectivity index (χ0v) is 16.1. The number of aliphatic carboxylic acids is 1. The molecule has 2 atom stereocenters. The first-order valence-electron chi connectivity index (χ1n) is 9.04. The lowest BCUT2D eigenvalue weighted by molar-refractivity contribution is -0.142. The first kappa shape index (κ1) is 20.2. The molecular weight excluding hydrogens is 376 g/mol. The fraction of sp³-hybridized carbons (Fsp3) is 0.286. The second kappa shape index (κ2) is 8.64. The minimum atomic E-state index is -1.18. The fourth-order valence-electron chi connectivity index (χ4n) is 3.27. The van der Waals surface area contributed by atoms with Crippen LogP contribution in [0.15, 0.2) is 48.5 Å². The minimum Gasteiger partial charge on any atom is -0.497 e. The van der Waals surface area contributed by atoms with E-state index in [1.54, 1.807) is 48.5 Å². The Morgan fingerprint density at radius 2 is 1.72 bits per heavy atom. The molecule has 2 amide bonds. The molecule has 1 unspecified atom stereocenters. The number of carbonyl (C=O) groups is 3. The average molecular weight is 398 g/mol. The van der Waals surface area contributed by atoms with Crippen molar-refractivity contribution in [2.24, 2.45) is 5.92 Å². The standard InChI is InChI=1S/C21H22N2O6/c1-28-16-9-15(10-17(11-16)29-2)23-12-14(8-18(23)24)20(25)22-19(21(26)27)13-6-4-3-5-7-13/h3-7,9-11,14,19H,8,12H2,1-2H3,(H,22,25)(H,26,27)/t14?,19-/m1/s1. The number of benzene rings is 2. The van der Waals surface area contributed by atoms with Gasteiger partial charge >= 0.3 is 5.97 Å². The van der Waals surface area contributed by atoms with Crippen LogP contribution in [0.25, 0.3) is 0 Å². The third kappa shape index (κ3) is 4.48. The van der Waals surface area contributed by atoms with E-state index in [2.05, 4.69) is 5.32 Å². The number of carbonyl (C=O) groups excluding carboxylic acids is 2. The van der Waals surface area contributed by atoms with Crippen LogP contribution < -0.4 is 19.7 Å². The molecule has 8 heteroatoms. The van der Waals surface area contributed by atoms with E-state index in [0.29, 0.717) is 22.7 Å². The Morgan fingerprint density at radius 1 is 1.10 bits per heavy atom. The molecule has 1 aliphatic heterocycles. The molecule has 152 valence electrons. The number of anilines is 1. The van der Waals surface area contributed by atoms with Gasteiger partial charge in [0.2, 0.25) is 11.8 Å². The van der Waals surface area contributed by atoms with Crippen LogP contribution in [-0.4, -0.2) is 43.7 Å². The number of hydrogen-bond acceptors (Lipinski definition) is 5. The average Bonchev–Trinajstić information content (AvgIpc) is 3.13. The lowest BCUT2D eigenvalue weighted by Crippen LogP contribution is -2.38. The number of carboxylic acid groups (broad SMARTS) is 1. The zero-order valence-electron chi connectivity index (χ0n) is 16.1. The normalized spacial score (nSPS) is 17.0. The highest BCUT2D eigenvalue weighted by atomic mass is 16.5. The summed E-state index contributed by atoms with van der Waals surface area (Å²) >= 11 is 0. The molecule has 0 spiro atoms. The van der Waals surface area contributed by atoms with Gasteiger partial charge in [-0.3, -0.25) is 9.59 Å². The summed E-state index contributed by atoms with van der Waals surface area (Å²) in [5.74, 6) is -1.49. The number of methoxy groups -OCH3 is 2. The van der Waals surface area contributed by atoms with Crippen molar-refractivity contribution in [3.63, 3.8) is 0 Å². The van der Waals surface area contributed by atoms with E-state index in [0.717, 1.165) is 0 Å². The van der Waals surface area contributed by atoms with Crippen LogP contribution in [0.5, 0.6) is 11.5 Å². The van der Waals surface area contributed by atoms with Crippen molar-refractivity contribution in [2.45, 2.75) is 12.5 Å². The largest absolute Gasteiger partial charge is 0.497 e. The Kier molecular flexibility index (Phi) is 6.01. The van der Waals surface area contributed by atoms with Crippen molar-refractivity contribution in [1.29, 1.82) is 0 Å². The van der Waals surface area contributed by atoms with Crippen LogP contribution in [0.4, 0.5) is 5.69 Å². The van der Waals surface area contributed by atoms with E-state index >= 15 is 0 Å². The van der Waals surface area contributed by atoms with Gasteiger partial charge in [-0.25, -0.2) is 4.79 Å². The van der Waals surface area contributed by atoms with Crippen molar-refractivity contribution >= 4 is 23.5 Å². The van der Waals surface area contributed by atoms with Crippen molar-refractivity contribution in [3.8, 4) is 11.5 Å². The summed E-state index contributed by atoms with van der Waals surface area (Å²) in [5.41, 5.74) is 1.02. The Bertz CT molecular complexity index is 892. The molecule has 1 fully saturated rings. The summed E-state index contributed by atoms with van der Waals surface area (Å²) in [7, 11) is 3.02. The monoisotopic (exact) mass is 398 g/mol. The van der Waals surface area contributed by atoms with E-state index in [1.165, 1.54) is 19.1 Å². The molecular formula is C21H22N2O6. The Labute approximate surface area is 168 Å². The highest BCUT2D eigenvalue weighted by Gasteiger charge is 2.37. The van der Waals surface area contributed by atoms with Gasteiger partial charge in [0.1, 0.15) is 11.5 Å². The lowest BCUT2D eigenvalue weighted by atomic mass is 10.0. The van der Waals surface area contributed by atoms with Crippen molar-refractivity contribution in [2.75, 3.05) is 25.7 Å². The molecule has 2 aromatic carbocycles. The van der Waals surface area contributed by atoms with Crippen LogP contribution >= 0.6 is 0 Å². The maximum absolute atomic E-state index is 12.7. The molecule has 29 heavy (non-hydrogen) atoms. The number of ether oxygens (including phenoxy) is 2. The molecule has 0 aromatic heterocycles. The maximum atomic E-state index is 12.7. The summed E-state index contributed by atoms with van der Waals surface area (Å²) < 4.78 is 10.5. The van der Waals surface area contributed by atoms with Gasteiger partial charge in [-0.2, -0.15) is 0 Å². The maximum Gasteiger partial charge on any atom is 0.330 e. The smallest absolute Gasteiger partial charge is 0.330 e. The van der Waals surface area contributed by atoms with Crippen molar-refractivity contribution in [3.05, 3.63) is 54.1 Å². The predicted octanol–water partition coefficient (Wildman–Crippen LogP) is 2.00. The molecule has 1 heterocycles. The Hall–Kier alpha value is -3.55. The Morgan fingerprint density at radius 3 is 2.28 bits per heavy atom. The highest BCUT2D eigenvalue weighted by molar-refractivity contribution is 6.01. The number of carboxylic acids is 1. The van der Waals surface area contributed by atoms with Crippen LogP contribution in [0.3, 0.4) is 0 Å². The molecule has 2 aromatic rings. The van der Waals surface area contributed by atoms with Crippen LogP contribution in [0, 0.1) is 5.92 Å². The van der Waals surface area contributed by atoms with Gasteiger partial charge < -0.3 is 24.8 Å². The van der Waals surface area contributed by atoms with Crippen LogP contribution in [0.1, 0.15) is 18.0 Å². The van der Waals surface area contributed by atoms with E-state index in [4.69, 9.17) is 9.47 Å². The molecule has 1 aliphatic rings. The number of rotatable bonds is 7. The highest BCUT2D eigenvalue weighted by Crippen LogP contribution is 2.32. The van der Waals surface area contributed by atoms with Crippen molar-refractivity contribution in [1.82, 2.24) is 5.32 Å². The third-order valence-electron chi connectivity index (χ3n) is 4.81. The number of amides is 2. The molecule has 1 saturated heterocycles. The van der Waals surface area contributed by atoms with Gasteiger partial charge in [0, 0.05) is 31.2 Å². The van der Waals surface area contributed by atoms with Gasteiger partial charge in [0.05, 0.1) is 25.8 Å². The van der Waals surface area contributed by atoms with Crippen LogP contribution in [-0.2, 0) is 14.4 Å². The van der Waals surface area contributed by atoms with Crippen molar-refractivity contribution < 1.29 is 29.0 Å². The number of hydrogen-bond donors (Lipinski definition) is 2. The van der Waals surface area contributed by atoms with Gasteiger partial charge in [0.25, 0.3) is 0 Å². The van der Waals surface area contributed by atoms with Crippen LogP contribution in [0.2, 0.25) is 0 Å². The van der Waals surface area contributed by atoms with Gasteiger partial charge in [-0.05, 0) is 5.56 Å². The van der Waals surface area contributed by atoms with Gasteiger partial charge in [-0.1, -0.05) is 30.3 Å². The molecule has 2 N–H and O–H groups in total. The second-order valence-electron chi connectivity index (χ2n) is 6.67. The quantitative estimate of drug-likeness (QED) is 0.739. The summed E-state index contributed by atoms with van der Waals surface area (Å²) in [6.45, 7) is 0.141. The molecule has 0 saturated carbocycles. The van der Waals surface area contributed by atoms with E-state index in [9.17, 15) is 19.5 Å². The summed E-state index contributed by atoms with van der Waals surface area (Å²) in [6.07, 6.45) is -0.00745. The van der Waals surface area contributed by atoms with Gasteiger partial charge in [0.15, 0.2) is 6.04 Å². The number of nitrogens with zero attached hydrogens (tertiary/aromatic N) is 1. The third-order valence-corrected chi connectivity index (χ3v) is 4.81. The minimum absolute atomic E-state index is 0.00745. The summed E-state index contributed by atoms with van der Waals surface area (Å²) in [5, 5.41) is 12.0. The van der Waals surface area contributed by atoms with E-state index < -0.39 is 23.8 Å². The zero-order chi connectivity index (χ0) is 21.0. The molecule has 3 rings (SSSR count).